The number of carbonyl (C=O) groups is 1. The van der Waals surface area contributed by atoms with Crippen LogP contribution >= 0.6 is 0 Å². The van der Waals surface area contributed by atoms with Gasteiger partial charge in [0, 0.05) is 6.42 Å². The highest BCUT2D eigenvalue weighted by Gasteiger charge is 2.51. The number of amides is 1. The molecule has 1 amide bonds. The number of nitrogens with one attached hydrogen (secondary N) is 1. The molecule has 2 aliphatic rings. The number of ether oxygens (including phenoxy) is 4. The lowest BCUT2D eigenvalue weighted by atomic mass is 9.97. The largest absolute Gasteiger partial charge is 0.394 e. The molecule has 0 radical (unpaired) electrons. The lowest BCUT2D eigenvalue weighted by Crippen LogP contribution is -2.65. The van der Waals surface area contributed by atoms with E-state index in [2.05, 4.69) is 67.8 Å². The Labute approximate surface area is 550 Å². The molecule has 2 fully saturated rings. The van der Waals surface area contributed by atoms with Gasteiger partial charge in [-0.2, -0.15) is 0 Å². The summed E-state index contributed by atoms with van der Waals surface area (Å²) in [5.41, 5.74) is 0. The van der Waals surface area contributed by atoms with Gasteiger partial charge in [0.05, 0.1) is 32.0 Å². The number of aliphatic hydroxyl groups excluding tert-OH is 8. The standard InChI is InChI=1S/C76H141NO13/c1-3-5-7-9-11-13-15-17-19-21-23-25-26-27-28-29-30-31-32-33-34-35-36-37-38-40-42-44-46-48-50-52-54-56-58-60-68(81)77-64(65(80)59-57-55-53-51-49-47-45-43-41-39-24-22-20-18-16-14-12-10-8-6-4-2)63-87-75-73(86)71(84)74(67(62-79)89-75)90-76-72(85)70(83)69(82)66(61-78)88-76/h5,7,11,13,17,19,23,25,64-67,69-76,78-80,82-86H,3-4,6,8-10,12,14-16,18,20-22,24,26-63H2,1-2H3,(H,77,81)/b7-5-,13-11-,19-17-,25-23-. The summed E-state index contributed by atoms with van der Waals surface area (Å²) in [5, 5.41) is 87.7. The predicted octanol–water partition coefficient (Wildman–Crippen LogP) is 16.2. The molecule has 2 saturated heterocycles. The van der Waals surface area contributed by atoms with Crippen LogP contribution in [-0.4, -0.2) is 140 Å². The van der Waals surface area contributed by atoms with E-state index in [9.17, 15) is 45.6 Å². The van der Waals surface area contributed by atoms with Crippen LogP contribution in [0.15, 0.2) is 48.6 Å². The second kappa shape index (κ2) is 60.6. The van der Waals surface area contributed by atoms with Crippen molar-refractivity contribution in [3.05, 3.63) is 48.6 Å². The fourth-order valence-corrected chi connectivity index (χ4v) is 12.6. The van der Waals surface area contributed by atoms with Gasteiger partial charge in [-0.25, -0.2) is 0 Å². The maximum atomic E-state index is 13.4. The Balaban J connectivity index is 1.60. The van der Waals surface area contributed by atoms with Crippen LogP contribution < -0.4 is 5.32 Å². The van der Waals surface area contributed by atoms with Gasteiger partial charge in [-0.1, -0.05) is 326 Å². The van der Waals surface area contributed by atoms with Crippen molar-refractivity contribution in [3.8, 4) is 0 Å². The van der Waals surface area contributed by atoms with Gasteiger partial charge in [-0.05, 0) is 51.4 Å². The van der Waals surface area contributed by atoms with Crippen LogP contribution in [0.2, 0.25) is 0 Å². The molecule has 0 bridgehead atoms. The Kier molecular flexibility index (Phi) is 56.6. The number of rotatable bonds is 63. The highest BCUT2D eigenvalue weighted by molar-refractivity contribution is 5.76. The van der Waals surface area contributed by atoms with Crippen molar-refractivity contribution in [1.82, 2.24) is 5.32 Å². The average Bonchev–Trinajstić information content (AvgIpc) is 1.28. The molecule has 0 aromatic heterocycles. The van der Waals surface area contributed by atoms with Crippen molar-refractivity contribution in [3.63, 3.8) is 0 Å². The van der Waals surface area contributed by atoms with Crippen molar-refractivity contribution in [1.29, 1.82) is 0 Å². The lowest BCUT2D eigenvalue weighted by Gasteiger charge is -2.46. The molecule has 90 heavy (non-hydrogen) atoms. The molecule has 14 heteroatoms. The molecule has 0 saturated carbocycles. The van der Waals surface area contributed by atoms with Gasteiger partial charge in [-0.15, -0.1) is 0 Å². The predicted molar refractivity (Wildman–Crippen MR) is 369 cm³/mol. The van der Waals surface area contributed by atoms with E-state index in [4.69, 9.17) is 18.9 Å². The summed E-state index contributed by atoms with van der Waals surface area (Å²) in [6.45, 7) is 2.80. The van der Waals surface area contributed by atoms with Gasteiger partial charge in [0.15, 0.2) is 12.6 Å². The van der Waals surface area contributed by atoms with E-state index >= 15 is 0 Å². The third kappa shape index (κ3) is 43.8. The zero-order valence-corrected chi connectivity index (χ0v) is 57.6. The molecule has 9 N–H and O–H groups in total. The molecule has 2 rings (SSSR count). The minimum Gasteiger partial charge on any atom is -0.394 e. The van der Waals surface area contributed by atoms with Gasteiger partial charge < -0.3 is 65.1 Å². The SMILES string of the molecule is CC/C=C\C/C=C\C/C=C\C/C=C\CCCCCCCCCCCCCCCCCCCCCCCCC(=O)NC(COC1OC(CO)C(OC2OC(CO)C(O)C(O)C2O)C(O)C1O)C(O)CCCCCCCCCCCCCCCCCCCCCCC. The van der Waals surface area contributed by atoms with Crippen LogP contribution in [0.3, 0.4) is 0 Å². The Morgan fingerprint density at radius 3 is 1.18 bits per heavy atom. The number of hydrogen-bond acceptors (Lipinski definition) is 13. The van der Waals surface area contributed by atoms with Crippen LogP contribution in [0.1, 0.15) is 335 Å². The Hall–Kier alpha value is -2.05. The highest BCUT2D eigenvalue weighted by Crippen LogP contribution is 2.30. The third-order valence-corrected chi connectivity index (χ3v) is 18.6. The lowest BCUT2D eigenvalue weighted by molar-refractivity contribution is -0.359. The fraction of sp³-hybridized carbons (Fsp3) is 0.882. The quantitative estimate of drug-likeness (QED) is 0.0204. The topological polar surface area (TPSA) is 228 Å². The fourth-order valence-electron chi connectivity index (χ4n) is 12.6. The first-order valence-corrected chi connectivity index (χ1v) is 37.9. The van der Waals surface area contributed by atoms with E-state index in [1.807, 2.05) is 0 Å². The van der Waals surface area contributed by atoms with Gasteiger partial charge in [0.1, 0.15) is 48.8 Å². The summed E-state index contributed by atoms with van der Waals surface area (Å²) in [7, 11) is 0. The Morgan fingerprint density at radius 1 is 0.411 bits per heavy atom. The number of aliphatic hydroxyl groups is 8. The van der Waals surface area contributed by atoms with E-state index in [0.717, 1.165) is 77.0 Å². The second-order valence-electron chi connectivity index (χ2n) is 26.8. The van der Waals surface area contributed by atoms with Crippen LogP contribution in [0, 0.1) is 0 Å². The third-order valence-electron chi connectivity index (χ3n) is 18.6. The molecule has 528 valence electrons. The summed E-state index contributed by atoms with van der Waals surface area (Å²) >= 11 is 0. The van der Waals surface area contributed by atoms with Gasteiger partial charge in [0.2, 0.25) is 5.91 Å². The van der Waals surface area contributed by atoms with Gasteiger partial charge >= 0.3 is 0 Å². The number of allylic oxidation sites excluding steroid dienone is 8. The molecule has 0 aliphatic carbocycles. The molecule has 0 aromatic rings. The van der Waals surface area contributed by atoms with E-state index < -0.39 is 86.8 Å². The second-order valence-corrected chi connectivity index (χ2v) is 26.8. The normalized spacial score (nSPS) is 23.1. The smallest absolute Gasteiger partial charge is 0.220 e. The molecule has 2 heterocycles. The first-order chi connectivity index (χ1) is 44.1. The molecule has 0 aromatic carbocycles. The molecule has 0 spiro atoms. The van der Waals surface area contributed by atoms with Crippen LogP contribution in [0.5, 0.6) is 0 Å². The summed E-state index contributed by atoms with van der Waals surface area (Å²) in [5.74, 6) is -0.200. The van der Waals surface area contributed by atoms with Gasteiger partial charge in [0.25, 0.3) is 0 Å². The van der Waals surface area contributed by atoms with Crippen molar-refractivity contribution in [2.24, 2.45) is 0 Å². The molecular weight excluding hydrogens is 1130 g/mol. The van der Waals surface area contributed by atoms with Crippen molar-refractivity contribution in [2.75, 3.05) is 19.8 Å². The van der Waals surface area contributed by atoms with Gasteiger partial charge in [-0.3, -0.25) is 4.79 Å². The zero-order valence-electron chi connectivity index (χ0n) is 57.6. The molecular formula is C76H141NO13. The molecule has 12 unspecified atom stereocenters. The first kappa shape index (κ1) is 84.0. The Bertz CT molecular complexity index is 1690. The minimum atomic E-state index is -1.78. The van der Waals surface area contributed by atoms with E-state index in [-0.39, 0.29) is 12.5 Å². The summed E-state index contributed by atoms with van der Waals surface area (Å²) in [6.07, 6.45) is 62.8. The maximum Gasteiger partial charge on any atom is 0.220 e. The summed E-state index contributed by atoms with van der Waals surface area (Å²) in [4.78, 5) is 13.4. The van der Waals surface area contributed by atoms with E-state index in [0.29, 0.717) is 12.8 Å². The molecule has 14 nitrogen and oxygen atoms in total. The highest BCUT2D eigenvalue weighted by atomic mass is 16.7. The summed E-state index contributed by atoms with van der Waals surface area (Å²) < 4.78 is 23.0. The zero-order chi connectivity index (χ0) is 65.2. The molecule has 2 aliphatic heterocycles. The van der Waals surface area contributed by atoms with Crippen LogP contribution in [-0.2, 0) is 23.7 Å². The Morgan fingerprint density at radius 2 is 0.767 bits per heavy atom. The first-order valence-electron chi connectivity index (χ1n) is 37.9. The summed E-state index contributed by atoms with van der Waals surface area (Å²) in [6, 6.07) is -0.829. The van der Waals surface area contributed by atoms with Crippen LogP contribution in [0.25, 0.3) is 0 Å². The number of hydrogen-bond donors (Lipinski definition) is 9. The van der Waals surface area contributed by atoms with Crippen molar-refractivity contribution in [2.45, 2.75) is 408 Å². The number of carbonyl (C=O) groups excluding carboxylic acids is 1. The average molecular weight is 1280 g/mol. The number of unbranched alkanes of at least 4 members (excludes halogenated alkanes) is 42. The van der Waals surface area contributed by atoms with Crippen molar-refractivity contribution < 1.29 is 64.6 Å². The van der Waals surface area contributed by atoms with E-state index in [1.165, 1.54) is 231 Å². The van der Waals surface area contributed by atoms with Crippen LogP contribution in [0.4, 0.5) is 0 Å². The van der Waals surface area contributed by atoms with E-state index in [1.54, 1.807) is 0 Å². The maximum absolute atomic E-state index is 13.4. The monoisotopic (exact) mass is 1280 g/mol. The minimum absolute atomic E-state index is 0.200. The molecule has 12 atom stereocenters. The van der Waals surface area contributed by atoms with Crippen molar-refractivity contribution >= 4 is 5.91 Å².